The molecule has 0 unspecified atom stereocenters. The Morgan fingerprint density at radius 3 is 2.59 bits per heavy atom. The summed E-state index contributed by atoms with van der Waals surface area (Å²) in [5, 5.41) is 0. The fourth-order valence-corrected chi connectivity index (χ4v) is 3.69. The zero-order valence-electron chi connectivity index (χ0n) is 13.3. The van der Waals surface area contributed by atoms with Gasteiger partial charge in [0, 0.05) is 12.0 Å². The van der Waals surface area contributed by atoms with Crippen molar-refractivity contribution >= 4 is 0 Å². The molecular weight excluding hydrogens is 274 g/mol. The Hall–Kier alpha value is -1.66. The molecule has 0 amide bonds. The standard InChI is InChI=1S/C19H25NO2/c1-3-19(13-20)11-15(12-19)14-8-9-17(21-2)18(10-14)22-16-6-4-5-7-16/h1,8-10,15-16H,4-7,11-13,20H2,2H3. The largest absolute Gasteiger partial charge is 0.493 e. The first kappa shape index (κ1) is 15.2. The third-order valence-electron chi connectivity index (χ3n) is 5.23. The van der Waals surface area contributed by atoms with E-state index < -0.39 is 0 Å². The van der Waals surface area contributed by atoms with Crippen LogP contribution in [0, 0.1) is 17.8 Å². The average Bonchev–Trinajstić information content (AvgIpc) is 3.00. The van der Waals surface area contributed by atoms with Gasteiger partial charge in [0.25, 0.3) is 0 Å². The molecule has 2 aliphatic rings. The molecule has 0 saturated heterocycles. The van der Waals surface area contributed by atoms with Crippen LogP contribution in [0.5, 0.6) is 11.5 Å². The average molecular weight is 299 g/mol. The van der Waals surface area contributed by atoms with Gasteiger partial charge in [-0.3, -0.25) is 0 Å². The van der Waals surface area contributed by atoms with Crippen molar-refractivity contribution in [2.75, 3.05) is 13.7 Å². The maximum Gasteiger partial charge on any atom is 0.161 e. The number of methoxy groups -OCH3 is 1. The number of hydrogen-bond donors (Lipinski definition) is 1. The van der Waals surface area contributed by atoms with Gasteiger partial charge in [0.1, 0.15) is 0 Å². The number of hydrogen-bond acceptors (Lipinski definition) is 3. The highest BCUT2D eigenvalue weighted by Gasteiger charge is 2.42. The van der Waals surface area contributed by atoms with E-state index >= 15 is 0 Å². The van der Waals surface area contributed by atoms with E-state index in [0.717, 1.165) is 37.2 Å². The van der Waals surface area contributed by atoms with E-state index in [2.05, 4.69) is 18.1 Å². The van der Waals surface area contributed by atoms with Crippen LogP contribution in [-0.2, 0) is 0 Å². The van der Waals surface area contributed by atoms with Crippen molar-refractivity contribution in [1.29, 1.82) is 0 Å². The fraction of sp³-hybridized carbons (Fsp3) is 0.579. The summed E-state index contributed by atoms with van der Waals surface area (Å²) in [5.41, 5.74) is 7.00. The molecule has 2 N–H and O–H groups in total. The van der Waals surface area contributed by atoms with Crippen molar-refractivity contribution in [3.05, 3.63) is 23.8 Å². The highest BCUT2D eigenvalue weighted by atomic mass is 16.5. The van der Waals surface area contributed by atoms with Crippen LogP contribution in [0.3, 0.4) is 0 Å². The molecule has 2 aliphatic carbocycles. The van der Waals surface area contributed by atoms with Crippen LogP contribution < -0.4 is 15.2 Å². The zero-order chi connectivity index (χ0) is 15.6. The lowest BCUT2D eigenvalue weighted by Crippen LogP contribution is -2.40. The van der Waals surface area contributed by atoms with Crippen LogP contribution in [-0.4, -0.2) is 19.8 Å². The number of nitrogens with two attached hydrogens (primary N) is 1. The molecule has 2 fully saturated rings. The molecule has 1 aromatic carbocycles. The number of terminal acetylenes is 1. The Bertz CT molecular complexity index is 563. The van der Waals surface area contributed by atoms with Gasteiger partial charge in [-0.25, -0.2) is 0 Å². The predicted octanol–water partition coefficient (Wildman–Crippen LogP) is 3.47. The summed E-state index contributed by atoms with van der Waals surface area (Å²) in [7, 11) is 1.69. The van der Waals surface area contributed by atoms with Crippen LogP contribution in [0.1, 0.15) is 50.0 Å². The first-order valence-corrected chi connectivity index (χ1v) is 8.22. The van der Waals surface area contributed by atoms with Crippen LogP contribution in [0.4, 0.5) is 0 Å². The maximum absolute atomic E-state index is 6.17. The topological polar surface area (TPSA) is 44.5 Å². The van der Waals surface area contributed by atoms with Gasteiger partial charge in [-0.05, 0) is 62.1 Å². The zero-order valence-corrected chi connectivity index (χ0v) is 13.3. The van der Waals surface area contributed by atoms with Gasteiger partial charge in [-0.2, -0.15) is 0 Å². The Labute approximate surface area is 133 Å². The van der Waals surface area contributed by atoms with E-state index in [1.54, 1.807) is 7.11 Å². The molecule has 0 radical (unpaired) electrons. The number of rotatable bonds is 5. The molecule has 1 aromatic rings. The molecule has 3 heteroatoms. The van der Waals surface area contributed by atoms with Gasteiger partial charge in [0.05, 0.1) is 13.2 Å². The van der Waals surface area contributed by atoms with E-state index in [1.165, 1.54) is 18.4 Å². The summed E-state index contributed by atoms with van der Waals surface area (Å²) in [4.78, 5) is 0. The number of ether oxygens (including phenoxy) is 2. The monoisotopic (exact) mass is 299 g/mol. The Morgan fingerprint density at radius 2 is 2.00 bits per heavy atom. The molecule has 22 heavy (non-hydrogen) atoms. The van der Waals surface area contributed by atoms with E-state index in [4.69, 9.17) is 21.6 Å². The molecule has 3 rings (SSSR count). The summed E-state index contributed by atoms with van der Waals surface area (Å²) in [6, 6.07) is 6.28. The van der Waals surface area contributed by atoms with Crippen molar-refractivity contribution in [2.24, 2.45) is 11.1 Å². The molecule has 0 spiro atoms. The molecule has 2 saturated carbocycles. The molecule has 0 bridgehead atoms. The second-order valence-corrected chi connectivity index (χ2v) is 6.67. The maximum atomic E-state index is 6.17. The lowest BCUT2D eigenvalue weighted by atomic mass is 9.60. The molecule has 118 valence electrons. The summed E-state index contributed by atoms with van der Waals surface area (Å²) in [5.74, 6) is 5.05. The quantitative estimate of drug-likeness (QED) is 0.847. The van der Waals surface area contributed by atoms with E-state index in [1.807, 2.05) is 6.07 Å². The molecular formula is C19H25NO2. The van der Waals surface area contributed by atoms with Gasteiger partial charge in [0.15, 0.2) is 11.5 Å². The summed E-state index contributed by atoms with van der Waals surface area (Å²) in [6.07, 6.45) is 12.7. The Kier molecular flexibility index (Phi) is 4.31. The Morgan fingerprint density at radius 1 is 1.27 bits per heavy atom. The molecule has 0 atom stereocenters. The minimum Gasteiger partial charge on any atom is -0.493 e. The lowest BCUT2D eigenvalue weighted by molar-refractivity contribution is 0.183. The van der Waals surface area contributed by atoms with Crippen LogP contribution in [0.2, 0.25) is 0 Å². The van der Waals surface area contributed by atoms with Gasteiger partial charge in [-0.1, -0.05) is 12.0 Å². The highest BCUT2D eigenvalue weighted by molar-refractivity contribution is 5.45. The minimum atomic E-state index is -0.100. The Balaban J connectivity index is 1.75. The summed E-state index contributed by atoms with van der Waals surface area (Å²) < 4.78 is 11.6. The van der Waals surface area contributed by atoms with E-state index in [-0.39, 0.29) is 5.41 Å². The second kappa shape index (κ2) is 6.22. The van der Waals surface area contributed by atoms with Crippen LogP contribution >= 0.6 is 0 Å². The van der Waals surface area contributed by atoms with Crippen molar-refractivity contribution < 1.29 is 9.47 Å². The van der Waals surface area contributed by atoms with Gasteiger partial charge in [-0.15, -0.1) is 6.42 Å². The van der Waals surface area contributed by atoms with Gasteiger partial charge >= 0.3 is 0 Å². The van der Waals surface area contributed by atoms with Gasteiger partial charge in [0.2, 0.25) is 0 Å². The molecule has 0 aromatic heterocycles. The molecule has 0 aliphatic heterocycles. The SMILES string of the molecule is C#CC1(CN)CC(c2ccc(OC)c(OC3CCCC3)c2)C1. The summed E-state index contributed by atoms with van der Waals surface area (Å²) >= 11 is 0. The fourth-order valence-electron chi connectivity index (χ4n) is 3.69. The van der Waals surface area contributed by atoms with Crippen molar-refractivity contribution in [1.82, 2.24) is 0 Å². The predicted molar refractivity (Wildman–Crippen MR) is 88.2 cm³/mol. The molecule has 3 nitrogen and oxygen atoms in total. The van der Waals surface area contributed by atoms with Crippen molar-refractivity contribution in [3.8, 4) is 23.8 Å². The third kappa shape index (κ3) is 2.80. The van der Waals surface area contributed by atoms with Crippen LogP contribution in [0.25, 0.3) is 0 Å². The second-order valence-electron chi connectivity index (χ2n) is 6.67. The summed E-state index contributed by atoms with van der Waals surface area (Å²) in [6.45, 7) is 0.571. The lowest BCUT2D eigenvalue weighted by Gasteiger charge is -2.43. The number of benzene rings is 1. The minimum absolute atomic E-state index is 0.100. The third-order valence-corrected chi connectivity index (χ3v) is 5.23. The normalized spacial score (nSPS) is 28.0. The van der Waals surface area contributed by atoms with Crippen molar-refractivity contribution in [2.45, 2.75) is 50.5 Å². The van der Waals surface area contributed by atoms with E-state index in [9.17, 15) is 0 Å². The smallest absolute Gasteiger partial charge is 0.161 e. The highest BCUT2D eigenvalue weighted by Crippen LogP contribution is 2.51. The first-order valence-electron chi connectivity index (χ1n) is 8.22. The van der Waals surface area contributed by atoms with Gasteiger partial charge < -0.3 is 15.2 Å². The molecule has 0 heterocycles. The van der Waals surface area contributed by atoms with Crippen molar-refractivity contribution in [3.63, 3.8) is 0 Å². The first-order chi connectivity index (χ1) is 10.7. The van der Waals surface area contributed by atoms with Crippen LogP contribution in [0.15, 0.2) is 18.2 Å². The van der Waals surface area contributed by atoms with E-state index in [0.29, 0.717) is 18.6 Å².